The molecule has 0 radical (unpaired) electrons. The van der Waals surface area contributed by atoms with E-state index in [0.717, 1.165) is 38.4 Å². The van der Waals surface area contributed by atoms with E-state index in [2.05, 4.69) is 22.0 Å². The average molecular weight is 405 g/mol. The minimum atomic E-state index is -1.28. The maximum absolute atomic E-state index is 13.7. The molecule has 0 bridgehead atoms. The van der Waals surface area contributed by atoms with E-state index in [4.69, 9.17) is 14.4 Å². The Balaban J connectivity index is 1.43. The van der Waals surface area contributed by atoms with Crippen molar-refractivity contribution < 1.29 is 23.6 Å². The molecule has 1 aliphatic heterocycles. The number of aromatic nitrogens is 2. The van der Waals surface area contributed by atoms with Gasteiger partial charge in [0.15, 0.2) is 0 Å². The molecule has 3 rings (SSSR count). The number of nitrogens with zero attached hydrogens (tertiary/aromatic N) is 3. The number of halogens is 1. The molecule has 1 aromatic heterocycles. The summed E-state index contributed by atoms with van der Waals surface area (Å²) >= 11 is 0. The molecule has 1 N–H and O–H groups in total. The second-order valence-electron chi connectivity index (χ2n) is 7.97. The molecule has 7 nitrogen and oxygen atoms in total. The molecule has 29 heavy (non-hydrogen) atoms. The third kappa shape index (κ3) is 5.25. The summed E-state index contributed by atoms with van der Waals surface area (Å²) < 4.78 is 24.6. The molecule has 0 aliphatic carbocycles. The van der Waals surface area contributed by atoms with Crippen LogP contribution in [0.25, 0.3) is 0 Å². The maximum atomic E-state index is 13.7. The molecule has 1 atom stereocenters. The van der Waals surface area contributed by atoms with Crippen LogP contribution in [0.5, 0.6) is 5.75 Å². The van der Waals surface area contributed by atoms with Gasteiger partial charge in [-0.2, -0.15) is 4.98 Å². The fourth-order valence-electron chi connectivity index (χ4n) is 3.62. The van der Waals surface area contributed by atoms with Crippen LogP contribution in [0.2, 0.25) is 0 Å². The van der Waals surface area contributed by atoms with Gasteiger partial charge in [-0.25, -0.2) is 9.18 Å². The number of anilines is 1. The van der Waals surface area contributed by atoms with Crippen molar-refractivity contribution in [3.8, 4) is 5.75 Å². The van der Waals surface area contributed by atoms with Gasteiger partial charge >= 0.3 is 5.97 Å². The number of rotatable bonds is 8. The van der Waals surface area contributed by atoms with Crippen LogP contribution >= 0.6 is 0 Å². The first-order valence-electron chi connectivity index (χ1n) is 10.1. The highest BCUT2D eigenvalue weighted by Gasteiger charge is 2.26. The van der Waals surface area contributed by atoms with E-state index in [1.54, 1.807) is 0 Å². The van der Waals surface area contributed by atoms with E-state index in [-0.39, 0.29) is 11.5 Å². The quantitative estimate of drug-likeness (QED) is 0.698. The van der Waals surface area contributed by atoms with Crippen LogP contribution in [0, 0.1) is 17.7 Å². The van der Waals surface area contributed by atoms with Crippen molar-refractivity contribution in [3.05, 3.63) is 35.5 Å². The van der Waals surface area contributed by atoms with Crippen LogP contribution in [0.3, 0.4) is 0 Å². The van der Waals surface area contributed by atoms with E-state index in [1.807, 2.05) is 13.8 Å². The van der Waals surface area contributed by atoms with Crippen molar-refractivity contribution in [2.75, 3.05) is 24.6 Å². The molecule has 2 heterocycles. The summed E-state index contributed by atoms with van der Waals surface area (Å²) in [6.07, 6.45) is 2.95. The van der Waals surface area contributed by atoms with E-state index in [1.165, 1.54) is 12.1 Å². The molecule has 1 aliphatic rings. The summed E-state index contributed by atoms with van der Waals surface area (Å²) in [7, 11) is 0. The van der Waals surface area contributed by atoms with Gasteiger partial charge in [0, 0.05) is 25.1 Å². The molecular weight excluding hydrogens is 377 g/mol. The largest absolute Gasteiger partial charge is 0.493 e. The molecular formula is C21H28FN3O4. The topological polar surface area (TPSA) is 88.7 Å². The smallest absolute Gasteiger partial charge is 0.338 e. The van der Waals surface area contributed by atoms with Gasteiger partial charge in [-0.15, -0.1) is 0 Å². The lowest BCUT2D eigenvalue weighted by Gasteiger charge is -2.34. The Bertz CT molecular complexity index is 831. The van der Waals surface area contributed by atoms with Crippen molar-refractivity contribution in [1.82, 2.24) is 10.1 Å². The van der Waals surface area contributed by atoms with Crippen molar-refractivity contribution in [2.24, 2.45) is 11.8 Å². The van der Waals surface area contributed by atoms with Crippen molar-refractivity contribution in [2.45, 2.75) is 46.0 Å². The second-order valence-corrected chi connectivity index (χ2v) is 7.97. The summed E-state index contributed by atoms with van der Waals surface area (Å²) in [4.78, 5) is 17.5. The zero-order valence-electron chi connectivity index (χ0n) is 17.1. The maximum Gasteiger partial charge on any atom is 0.338 e. The predicted octanol–water partition coefficient (Wildman–Crippen LogP) is 4.35. The average Bonchev–Trinajstić information content (AvgIpc) is 3.18. The van der Waals surface area contributed by atoms with E-state index < -0.39 is 11.8 Å². The first kappa shape index (κ1) is 21.1. The van der Waals surface area contributed by atoms with Crippen molar-refractivity contribution >= 4 is 11.9 Å². The highest BCUT2D eigenvalue weighted by Crippen LogP contribution is 2.29. The van der Waals surface area contributed by atoms with Gasteiger partial charge in [-0.1, -0.05) is 20.8 Å². The second kappa shape index (κ2) is 9.24. The van der Waals surface area contributed by atoms with Crippen LogP contribution in [0.4, 0.5) is 10.3 Å². The molecule has 1 aromatic carbocycles. The van der Waals surface area contributed by atoms with Crippen LogP contribution in [-0.2, 0) is 0 Å². The van der Waals surface area contributed by atoms with Crippen molar-refractivity contribution in [3.63, 3.8) is 0 Å². The Hall–Kier alpha value is -2.64. The highest BCUT2D eigenvalue weighted by molar-refractivity contribution is 5.88. The van der Waals surface area contributed by atoms with Crippen LogP contribution in [-0.4, -0.2) is 40.9 Å². The van der Waals surface area contributed by atoms with Gasteiger partial charge in [0.05, 0.1) is 12.2 Å². The highest BCUT2D eigenvalue weighted by atomic mass is 19.1. The SMILES string of the molecule is CC(C)c1nc(N2CCC([C@H](C)CCOc3ccc(C(=O)O)c(F)c3)CC2)no1. The minimum absolute atomic E-state index is 0.225. The van der Waals surface area contributed by atoms with Gasteiger partial charge in [-0.05, 0) is 48.4 Å². The molecule has 0 unspecified atom stereocenters. The molecule has 0 saturated carbocycles. The lowest BCUT2D eigenvalue weighted by Crippen LogP contribution is -2.36. The minimum Gasteiger partial charge on any atom is -0.493 e. The summed E-state index contributed by atoms with van der Waals surface area (Å²) in [5, 5.41) is 13.0. The Morgan fingerprint density at radius 1 is 1.34 bits per heavy atom. The number of carbonyl (C=O) groups is 1. The van der Waals surface area contributed by atoms with E-state index >= 15 is 0 Å². The van der Waals surface area contributed by atoms with Gasteiger partial charge in [0.1, 0.15) is 11.6 Å². The number of carboxylic acid groups (broad SMARTS) is 1. The lowest BCUT2D eigenvalue weighted by molar-refractivity contribution is 0.0692. The molecule has 0 spiro atoms. The lowest BCUT2D eigenvalue weighted by atomic mass is 9.84. The van der Waals surface area contributed by atoms with Crippen molar-refractivity contribution in [1.29, 1.82) is 0 Å². The number of hydrogen-bond acceptors (Lipinski definition) is 6. The zero-order chi connectivity index (χ0) is 21.0. The Kier molecular flexibility index (Phi) is 6.71. The fourth-order valence-corrected chi connectivity index (χ4v) is 3.62. The Morgan fingerprint density at radius 2 is 2.07 bits per heavy atom. The summed E-state index contributed by atoms with van der Waals surface area (Å²) in [5.41, 5.74) is -0.348. The van der Waals surface area contributed by atoms with Crippen LogP contribution in [0.15, 0.2) is 22.7 Å². The van der Waals surface area contributed by atoms with Gasteiger partial charge in [0.2, 0.25) is 5.89 Å². The molecule has 158 valence electrons. The number of carboxylic acids is 1. The normalized spacial score (nSPS) is 16.2. The zero-order valence-corrected chi connectivity index (χ0v) is 17.1. The first-order chi connectivity index (χ1) is 13.8. The molecule has 0 amide bonds. The number of hydrogen-bond donors (Lipinski definition) is 1. The van der Waals surface area contributed by atoms with E-state index in [0.29, 0.717) is 36.0 Å². The number of aromatic carboxylic acids is 1. The Morgan fingerprint density at radius 3 is 2.66 bits per heavy atom. The number of piperidine rings is 1. The van der Waals surface area contributed by atoms with Gasteiger partial charge in [0.25, 0.3) is 5.95 Å². The fraction of sp³-hybridized carbons (Fsp3) is 0.571. The molecule has 1 fully saturated rings. The standard InChI is InChI=1S/C21H28FN3O4/c1-13(2)19-23-21(24-29-19)25-9-6-15(7-10-25)14(3)8-11-28-16-4-5-17(20(26)27)18(22)12-16/h4-5,12-15H,6-11H2,1-3H3,(H,26,27)/t14-/m1/s1. The predicted molar refractivity (Wildman–Crippen MR) is 106 cm³/mol. The number of benzene rings is 1. The third-order valence-corrected chi connectivity index (χ3v) is 5.56. The van der Waals surface area contributed by atoms with Gasteiger partial charge < -0.3 is 19.3 Å². The summed E-state index contributed by atoms with van der Waals surface area (Å²) in [5.74, 6) is 0.910. The molecule has 1 saturated heterocycles. The Labute approximate surface area is 169 Å². The van der Waals surface area contributed by atoms with E-state index in [9.17, 15) is 9.18 Å². The first-order valence-corrected chi connectivity index (χ1v) is 10.1. The summed E-state index contributed by atoms with van der Waals surface area (Å²) in [6, 6.07) is 3.85. The molecule has 2 aromatic rings. The third-order valence-electron chi connectivity index (χ3n) is 5.56. The molecule has 8 heteroatoms. The van der Waals surface area contributed by atoms with Gasteiger partial charge in [-0.3, -0.25) is 0 Å². The van der Waals surface area contributed by atoms with Crippen LogP contribution < -0.4 is 9.64 Å². The van der Waals surface area contributed by atoms with Crippen LogP contribution in [0.1, 0.15) is 62.2 Å². The monoisotopic (exact) mass is 405 g/mol. The number of ether oxygens (including phenoxy) is 1. The summed E-state index contributed by atoms with van der Waals surface area (Å²) in [6.45, 7) is 8.53.